The topological polar surface area (TPSA) is 166 Å². The summed E-state index contributed by atoms with van der Waals surface area (Å²) in [5.41, 5.74) is 3.08. The Morgan fingerprint density at radius 3 is 2.78 bits per heavy atom. The summed E-state index contributed by atoms with van der Waals surface area (Å²) in [6, 6.07) is 3.76. The van der Waals surface area contributed by atoms with E-state index in [1.165, 1.54) is 12.7 Å². The van der Waals surface area contributed by atoms with Crippen molar-refractivity contribution in [1.82, 2.24) is 39.9 Å². The molecule has 0 atom stereocenters. The van der Waals surface area contributed by atoms with Gasteiger partial charge in [-0.1, -0.05) is 11.6 Å². The van der Waals surface area contributed by atoms with E-state index < -0.39 is 0 Å². The molecule has 32 heavy (non-hydrogen) atoms. The average molecular weight is 434 g/mol. The van der Waals surface area contributed by atoms with Crippen LogP contribution in [0.2, 0.25) is 0 Å². The number of hydrogen-bond donors (Lipinski definition) is 5. The standard InChI is InChI=1S/C10H9N5O.C10H13N5O/c1-2-7(16-3-1)4-11-9-8-10(13-5-12-8)15-6-14-9;1-7(4-16)2-3-11-9-8-10(13-5-12-8)15-6-14-9/h1-3,5-6H,4H2,(H2,11,12,13,14,15);2,5-6,16H,3-4H2,1H3,(H2,11,12,13,14,15)/b;7-2+. The molecule has 3 aromatic heterocycles. The lowest BCUT2D eigenvalue weighted by Gasteiger charge is -2.06. The van der Waals surface area contributed by atoms with Gasteiger partial charge in [-0.05, 0) is 19.1 Å². The van der Waals surface area contributed by atoms with E-state index in [1.807, 2.05) is 25.1 Å². The van der Waals surface area contributed by atoms with Crippen molar-refractivity contribution in [2.75, 3.05) is 23.8 Å². The second-order valence-corrected chi connectivity index (χ2v) is 6.67. The van der Waals surface area contributed by atoms with E-state index in [4.69, 9.17) is 9.52 Å². The van der Waals surface area contributed by atoms with Crippen molar-refractivity contribution in [2.24, 2.45) is 0 Å². The molecule has 12 nitrogen and oxygen atoms in total. The van der Waals surface area contributed by atoms with Crippen LogP contribution in [0.5, 0.6) is 0 Å². The Balaban J connectivity index is 0.000000153. The summed E-state index contributed by atoms with van der Waals surface area (Å²) in [5, 5.41) is 15.1. The zero-order chi connectivity index (χ0) is 22.2. The smallest absolute Gasteiger partial charge is 0.184 e. The number of rotatable bonds is 7. The zero-order valence-corrected chi connectivity index (χ0v) is 17.3. The molecule has 0 unspecified atom stereocenters. The molecule has 5 rings (SSSR count). The van der Waals surface area contributed by atoms with Crippen LogP contribution in [0.1, 0.15) is 12.7 Å². The summed E-state index contributed by atoms with van der Waals surface area (Å²) in [7, 11) is 0. The number of aromatic amines is 2. The van der Waals surface area contributed by atoms with Gasteiger partial charge in [0.15, 0.2) is 17.3 Å². The molecule has 0 saturated heterocycles. The Hall–Kier alpha value is -4.32. The van der Waals surface area contributed by atoms with Crippen molar-refractivity contribution in [3.05, 3.63) is 61.1 Å². The molecule has 5 heterocycles. The Bertz CT molecular complexity index is 1240. The van der Waals surface area contributed by atoms with Crippen LogP contribution >= 0.6 is 0 Å². The quantitative estimate of drug-likeness (QED) is 0.240. The van der Waals surface area contributed by atoms with Gasteiger partial charge in [-0.3, -0.25) is 0 Å². The number of aliphatic hydroxyl groups is 1. The first kappa shape index (κ1) is 20.9. The minimum atomic E-state index is 0.0727. The van der Waals surface area contributed by atoms with Gasteiger partial charge < -0.3 is 30.1 Å². The number of nitrogens with zero attached hydrogens (tertiary/aromatic N) is 6. The van der Waals surface area contributed by atoms with Gasteiger partial charge in [0.2, 0.25) is 0 Å². The predicted molar refractivity (Wildman–Crippen MR) is 118 cm³/mol. The van der Waals surface area contributed by atoms with E-state index in [1.54, 1.807) is 18.9 Å². The van der Waals surface area contributed by atoms with Gasteiger partial charge in [-0.2, -0.15) is 0 Å². The number of aromatic nitrogens is 8. The van der Waals surface area contributed by atoms with Crippen LogP contribution in [-0.4, -0.2) is 58.1 Å². The van der Waals surface area contributed by atoms with E-state index in [0.29, 0.717) is 30.4 Å². The average Bonchev–Trinajstić information content (AvgIpc) is 3.59. The van der Waals surface area contributed by atoms with Crippen LogP contribution in [0, 0.1) is 0 Å². The van der Waals surface area contributed by atoms with E-state index in [9.17, 15) is 0 Å². The van der Waals surface area contributed by atoms with Crippen LogP contribution < -0.4 is 10.6 Å². The number of aliphatic hydroxyl groups excluding tert-OH is 1. The number of nitrogens with one attached hydrogen (secondary N) is 4. The molecule has 0 radical (unpaired) electrons. The third-order valence-electron chi connectivity index (χ3n) is 4.42. The van der Waals surface area contributed by atoms with Crippen LogP contribution in [-0.2, 0) is 6.54 Å². The van der Waals surface area contributed by atoms with Gasteiger partial charge >= 0.3 is 0 Å². The van der Waals surface area contributed by atoms with Gasteiger partial charge in [0, 0.05) is 6.54 Å². The fourth-order valence-electron chi connectivity index (χ4n) is 2.76. The highest BCUT2D eigenvalue weighted by Gasteiger charge is 2.12. The normalized spacial score (nSPS) is 11.4. The highest BCUT2D eigenvalue weighted by molar-refractivity contribution is 5.81. The van der Waals surface area contributed by atoms with Gasteiger partial charge in [-0.25, -0.2) is 29.9 Å². The molecule has 0 fully saturated rings. The third-order valence-corrected chi connectivity index (χ3v) is 4.42. The summed E-state index contributed by atoms with van der Waals surface area (Å²) in [4.78, 5) is 30.4. The summed E-state index contributed by atoms with van der Waals surface area (Å²) in [6.45, 7) is 3.13. The fourth-order valence-corrected chi connectivity index (χ4v) is 2.76. The molecule has 0 aliphatic carbocycles. The van der Waals surface area contributed by atoms with Crippen molar-refractivity contribution >= 4 is 22.8 Å². The number of H-pyrrole nitrogens is 2. The van der Waals surface area contributed by atoms with E-state index in [-0.39, 0.29) is 6.61 Å². The van der Waals surface area contributed by atoms with Crippen molar-refractivity contribution < 1.29 is 9.52 Å². The van der Waals surface area contributed by atoms with Crippen LogP contribution in [0.25, 0.3) is 22.7 Å². The van der Waals surface area contributed by atoms with Gasteiger partial charge in [0.1, 0.15) is 35.4 Å². The molecule has 0 aromatic carbocycles. The highest BCUT2D eigenvalue weighted by atomic mass is 16.3. The van der Waals surface area contributed by atoms with Gasteiger partial charge in [0.05, 0.1) is 32.1 Å². The van der Waals surface area contributed by atoms with Crippen molar-refractivity contribution in [3.8, 4) is 11.5 Å². The maximum Gasteiger partial charge on any atom is 0.184 e. The Morgan fingerprint density at radius 1 is 1.06 bits per heavy atom. The lowest BCUT2D eigenvalue weighted by Crippen LogP contribution is -2.03. The summed E-state index contributed by atoms with van der Waals surface area (Å²) >= 11 is 0. The van der Waals surface area contributed by atoms with Crippen molar-refractivity contribution in [3.63, 3.8) is 0 Å². The molecule has 0 bridgehead atoms. The number of imidazole rings is 2. The van der Waals surface area contributed by atoms with Crippen LogP contribution in [0.3, 0.4) is 0 Å². The molecule has 2 aliphatic heterocycles. The molecule has 164 valence electrons. The number of fused-ring (bicyclic) bond motifs is 2. The molecular formula is C20H22N10O2. The zero-order valence-electron chi connectivity index (χ0n) is 17.3. The Morgan fingerprint density at radius 2 is 1.94 bits per heavy atom. The molecule has 0 saturated carbocycles. The largest absolute Gasteiger partial charge is 0.467 e. The number of furan rings is 1. The fraction of sp³-hybridized carbons (Fsp3) is 0.200. The minimum Gasteiger partial charge on any atom is -0.467 e. The summed E-state index contributed by atoms with van der Waals surface area (Å²) in [5.74, 6) is 2.96. The third kappa shape index (κ3) is 5.05. The highest BCUT2D eigenvalue weighted by Crippen LogP contribution is 2.21. The van der Waals surface area contributed by atoms with Crippen LogP contribution in [0.15, 0.2) is 59.8 Å². The molecule has 0 spiro atoms. The summed E-state index contributed by atoms with van der Waals surface area (Å²) < 4.78 is 5.22. The lowest BCUT2D eigenvalue weighted by molar-refractivity contribution is 0.331. The van der Waals surface area contributed by atoms with E-state index >= 15 is 0 Å². The lowest BCUT2D eigenvalue weighted by atomic mass is 10.3. The Labute approximate surface area is 182 Å². The second kappa shape index (κ2) is 10.1. The predicted octanol–water partition coefficient (Wildman–Crippen LogP) is 2.21. The first-order valence-electron chi connectivity index (χ1n) is 9.79. The maximum atomic E-state index is 8.83. The molecular weight excluding hydrogens is 412 g/mol. The first-order chi connectivity index (χ1) is 15.7. The number of anilines is 2. The van der Waals surface area contributed by atoms with Gasteiger partial charge in [0.25, 0.3) is 0 Å². The first-order valence-corrected chi connectivity index (χ1v) is 9.79. The van der Waals surface area contributed by atoms with Crippen LogP contribution in [0.4, 0.5) is 11.6 Å². The van der Waals surface area contributed by atoms with E-state index in [0.717, 1.165) is 28.4 Å². The Kier molecular flexibility index (Phi) is 6.63. The summed E-state index contributed by atoms with van der Waals surface area (Å²) in [6.07, 6.45) is 9.68. The molecule has 5 N–H and O–H groups in total. The monoisotopic (exact) mass is 434 g/mol. The van der Waals surface area contributed by atoms with E-state index in [2.05, 4.69) is 50.5 Å². The maximum absolute atomic E-state index is 8.83. The van der Waals surface area contributed by atoms with Crippen molar-refractivity contribution in [2.45, 2.75) is 13.5 Å². The molecule has 2 aliphatic rings. The molecule has 3 aromatic rings. The number of hydrogen-bond acceptors (Lipinski definition) is 10. The van der Waals surface area contributed by atoms with Crippen molar-refractivity contribution in [1.29, 1.82) is 0 Å². The molecule has 0 amide bonds. The molecule has 12 heteroatoms. The van der Waals surface area contributed by atoms with Gasteiger partial charge in [-0.15, -0.1) is 0 Å². The minimum absolute atomic E-state index is 0.0727. The second-order valence-electron chi connectivity index (χ2n) is 6.67. The SMILES string of the molecule is C/C(=C\CNc1ncnc2[nH]cnc12)CO.c1coc(CNc2[nH]cnc3ncnc2-3)c1.